The van der Waals surface area contributed by atoms with Crippen molar-refractivity contribution >= 4 is 37.5 Å². The van der Waals surface area contributed by atoms with E-state index in [2.05, 4.69) is 0 Å². The van der Waals surface area contributed by atoms with Crippen molar-refractivity contribution in [2.75, 3.05) is 13.1 Å². The number of hydrogen-bond acceptors (Lipinski definition) is 5. The molecule has 0 saturated carbocycles. The molecule has 1 atom stereocenters. The van der Waals surface area contributed by atoms with Crippen molar-refractivity contribution in [1.82, 2.24) is 14.5 Å². The third kappa shape index (κ3) is 5.37. The lowest BCUT2D eigenvalue weighted by atomic mass is 9.99. The van der Waals surface area contributed by atoms with Gasteiger partial charge in [-0.05, 0) is 54.8 Å². The molecule has 1 amide bonds. The normalized spacial score (nSPS) is 12.4. The first kappa shape index (κ1) is 28.5. The minimum atomic E-state index is -0.803. The summed E-state index contributed by atoms with van der Waals surface area (Å²) in [5, 5.41) is 0.473. The van der Waals surface area contributed by atoms with E-state index in [0.29, 0.717) is 25.9 Å². The molecule has 0 aliphatic rings. The number of thiophene rings is 1. The second-order valence-corrected chi connectivity index (χ2v) is 11.4. The third-order valence-corrected chi connectivity index (χ3v) is 8.28. The van der Waals surface area contributed by atoms with Crippen LogP contribution in [-0.2, 0) is 6.54 Å². The number of hydrogen-bond donors (Lipinski definition) is 1. The number of halogens is 3. The number of benzene rings is 3. The van der Waals surface area contributed by atoms with Gasteiger partial charge in [0.15, 0.2) is 0 Å². The molecule has 41 heavy (non-hydrogen) atoms. The molecular weight excluding hydrogens is 549 g/mol. The topological polar surface area (TPSA) is 81.2 Å². The van der Waals surface area contributed by atoms with Crippen molar-refractivity contribution in [2.24, 2.45) is 11.7 Å². The van der Waals surface area contributed by atoms with Gasteiger partial charge >= 0.3 is 0 Å². The first-order valence-electron chi connectivity index (χ1n) is 13.2. The Morgan fingerprint density at radius 3 is 2.49 bits per heavy atom. The molecule has 1 unspecified atom stereocenters. The van der Waals surface area contributed by atoms with E-state index >= 15 is 0 Å². The lowest BCUT2D eigenvalue weighted by Crippen LogP contribution is -2.43. The molecule has 0 aliphatic carbocycles. The minimum Gasteiger partial charge on any atom is -0.329 e. The van der Waals surface area contributed by atoms with Crippen LogP contribution in [0.1, 0.15) is 47.2 Å². The monoisotopic (exact) mass is 578 g/mol. The van der Waals surface area contributed by atoms with Gasteiger partial charge in [0.1, 0.15) is 28.0 Å². The van der Waals surface area contributed by atoms with Gasteiger partial charge in [-0.25, -0.2) is 18.2 Å². The molecule has 5 rings (SSSR count). The number of aromatic nitrogens is 2. The summed E-state index contributed by atoms with van der Waals surface area (Å²) in [6, 6.07) is 13.8. The molecule has 0 radical (unpaired) electrons. The van der Waals surface area contributed by atoms with Crippen LogP contribution in [0.2, 0.25) is 0 Å². The lowest BCUT2D eigenvalue weighted by molar-refractivity contribution is 0.0612. The van der Waals surface area contributed by atoms with E-state index in [1.807, 2.05) is 13.8 Å². The zero-order valence-corrected chi connectivity index (χ0v) is 23.6. The molecule has 2 aromatic heterocycles. The zero-order chi connectivity index (χ0) is 29.4. The summed E-state index contributed by atoms with van der Waals surface area (Å²) in [5.74, 6) is -2.06. The maximum atomic E-state index is 14.8. The highest BCUT2D eigenvalue weighted by atomic mass is 32.1. The maximum absolute atomic E-state index is 14.8. The highest BCUT2D eigenvalue weighted by Gasteiger charge is 2.33. The van der Waals surface area contributed by atoms with Crippen LogP contribution in [0, 0.1) is 30.3 Å². The summed E-state index contributed by atoms with van der Waals surface area (Å²) in [7, 11) is 0. The summed E-state index contributed by atoms with van der Waals surface area (Å²) in [4.78, 5) is 34.3. The maximum Gasteiger partial charge on any atom is 0.271 e. The van der Waals surface area contributed by atoms with E-state index in [1.165, 1.54) is 51.1 Å². The molecular formula is C31H29F3N4O2S. The number of rotatable bonds is 8. The molecule has 5 aromatic rings. The van der Waals surface area contributed by atoms with E-state index in [9.17, 15) is 22.8 Å². The average Bonchev–Trinajstić information content (AvgIpc) is 3.30. The molecule has 3 aromatic carbocycles. The molecule has 2 N–H and O–H groups in total. The van der Waals surface area contributed by atoms with Crippen molar-refractivity contribution in [3.63, 3.8) is 0 Å². The fourth-order valence-electron chi connectivity index (χ4n) is 5.09. The second kappa shape index (κ2) is 11.5. The van der Waals surface area contributed by atoms with Crippen LogP contribution in [0.25, 0.3) is 20.3 Å². The van der Waals surface area contributed by atoms with Crippen LogP contribution in [-0.4, -0.2) is 33.4 Å². The summed E-state index contributed by atoms with van der Waals surface area (Å²) in [6.07, 6.45) is 0. The van der Waals surface area contributed by atoms with E-state index in [1.54, 1.807) is 37.3 Å². The van der Waals surface area contributed by atoms with Crippen LogP contribution in [0.15, 0.2) is 65.5 Å². The number of nitrogens with zero attached hydrogens (tertiary/aromatic N) is 3. The lowest BCUT2D eigenvalue weighted by Gasteiger charge is -2.35. The van der Waals surface area contributed by atoms with Crippen molar-refractivity contribution < 1.29 is 18.0 Å². The summed E-state index contributed by atoms with van der Waals surface area (Å²) < 4.78 is 45.9. The zero-order valence-electron chi connectivity index (χ0n) is 22.8. The Morgan fingerprint density at radius 1 is 1.05 bits per heavy atom. The number of aryl methyl sites for hydroxylation is 1. The van der Waals surface area contributed by atoms with Crippen molar-refractivity contribution in [2.45, 2.75) is 33.4 Å². The fraction of sp³-hybridized carbons (Fsp3) is 0.258. The summed E-state index contributed by atoms with van der Waals surface area (Å²) in [5.41, 5.74) is 6.61. The smallest absolute Gasteiger partial charge is 0.271 e. The predicted molar refractivity (Wildman–Crippen MR) is 156 cm³/mol. The van der Waals surface area contributed by atoms with Crippen LogP contribution in [0.5, 0.6) is 0 Å². The van der Waals surface area contributed by atoms with Crippen molar-refractivity contribution in [3.8, 4) is 0 Å². The van der Waals surface area contributed by atoms with Gasteiger partial charge < -0.3 is 10.6 Å². The summed E-state index contributed by atoms with van der Waals surface area (Å²) >= 11 is 1.18. The Balaban J connectivity index is 1.78. The average molecular weight is 579 g/mol. The van der Waals surface area contributed by atoms with Gasteiger partial charge in [-0.15, -0.1) is 11.3 Å². The Morgan fingerprint density at radius 2 is 1.80 bits per heavy atom. The van der Waals surface area contributed by atoms with Crippen LogP contribution < -0.4 is 11.3 Å². The summed E-state index contributed by atoms with van der Waals surface area (Å²) in [6.45, 7) is 5.38. The van der Waals surface area contributed by atoms with Crippen molar-refractivity contribution in [3.05, 3.63) is 111 Å². The Labute approximate surface area is 238 Å². The molecule has 0 saturated heterocycles. The molecule has 6 nitrogen and oxygen atoms in total. The standard InChI is InChI=1S/C31H29F3N4O2S/c1-17(2)27(37(13-12-35)30(39)19-9-8-18(3)24(34)14-19)29-36-26-22-15-21(32)10-11-25(22)41-28(26)31(40)38(29)16-20-6-4-5-7-23(20)33/h4-11,14-15,17,27H,12-13,16,35H2,1-3H3. The van der Waals surface area contributed by atoms with E-state index in [0.717, 1.165) is 0 Å². The molecule has 212 valence electrons. The first-order valence-corrected chi connectivity index (χ1v) is 14.1. The Hall–Kier alpha value is -4.02. The van der Waals surface area contributed by atoms with Gasteiger partial charge in [-0.1, -0.05) is 38.1 Å². The first-order chi connectivity index (χ1) is 19.6. The Bertz CT molecular complexity index is 1830. The number of carbonyl (C=O) groups is 1. The minimum absolute atomic E-state index is 0.0871. The molecule has 0 spiro atoms. The van der Waals surface area contributed by atoms with Gasteiger partial charge in [0.25, 0.3) is 11.5 Å². The largest absolute Gasteiger partial charge is 0.329 e. The SMILES string of the molecule is Cc1ccc(C(=O)N(CCN)C(c2nc3c(sc4ccc(F)cc43)c(=O)n2Cc2ccccc2F)C(C)C)cc1F. The predicted octanol–water partition coefficient (Wildman–Crippen LogP) is 6.18. The van der Waals surface area contributed by atoms with Gasteiger partial charge in [0.2, 0.25) is 0 Å². The van der Waals surface area contributed by atoms with Crippen molar-refractivity contribution in [1.29, 1.82) is 0 Å². The molecule has 10 heteroatoms. The quantitative estimate of drug-likeness (QED) is 0.238. The number of fused-ring (bicyclic) bond motifs is 3. The van der Waals surface area contributed by atoms with Gasteiger partial charge in [-0.2, -0.15) is 0 Å². The highest BCUT2D eigenvalue weighted by molar-refractivity contribution is 7.25. The van der Waals surface area contributed by atoms with Gasteiger partial charge in [0, 0.05) is 34.3 Å². The molecule has 0 bridgehead atoms. The van der Waals surface area contributed by atoms with Gasteiger partial charge in [-0.3, -0.25) is 14.2 Å². The van der Waals surface area contributed by atoms with Crippen LogP contribution in [0.3, 0.4) is 0 Å². The van der Waals surface area contributed by atoms with E-state index < -0.39 is 35.0 Å². The van der Waals surface area contributed by atoms with Gasteiger partial charge in [0.05, 0.1) is 18.1 Å². The third-order valence-electron chi connectivity index (χ3n) is 7.13. The molecule has 0 aliphatic heterocycles. The molecule has 0 fully saturated rings. The second-order valence-electron chi connectivity index (χ2n) is 10.3. The fourth-order valence-corrected chi connectivity index (χ4v) is 6.16. The number of amides is 1. The number of carbonyl (C=O) groups excluding carboxylic acids is 1. The highest BCUT2D eigenvalue weighted by Crippen LogP contribution is 2.35. The van der Waals surface area contributed by atoms with E-state index in [4.69, 9.17) is 10.7 Å². The van der Waals surface area contributed by atoms with E-state index in [-0.39, 0.29) is 42.5 Å². The van der Waals surface area contributed by atoms with Crippen LogP contribution in [0.4, 0.5) is 13.2 Å². The Kier molecular flexibility index (Phi) is 7.97. The number of nitrogens with two attached hydrogens (primary N) is 1. The van der Waals surface area contributed by atoms with Crippen LogP contribution >= 0.6 is 11.3 Å². The molecule has 2 heterocycles.